The Balaban J connectivity index is 1.59. The van der Waals surface area contributed by atoms with Crippen LogP contribution < -0.4 is 15.4 Å². The van der Waals surface area contributed by atoms with Crippen molar-refractivity contribution in [2.75, 3.05) is 32.9 Å². The van der Waals surface area contributed by atoms with Crippen LogP contribution in [0.3, 0.4) is 0 Å². The Morgan fingerprint density at radius 2 is 2.18 bits per heavy atom. The zero-order chi connectivity index (χ0) is 19.4. The molecule has 3 rings (SSSR count). The molecular formula is C22H29N3O3. The molecule has 1 aliphatic heterocycles. The fourth-order valence-corrected chi connectivity index (χ4v) is 3.01. The normalized spacial score (nSPS) is 16.7. The molecule has 1 saturated heterocycles. The number of para-hydroxylation sites is 1. The van der Waals surface area contributed by atoms with Gasteiger partial charge in [0, 0.05) is 37.6 Å². The van der Waals surface area contributed by atoms with E-state index < -0.39 is 0 Å². The summed E-state index contributed by atoms with van der Waals surface area (Å²) in [5.74, 6) is 3.11. The van der Waals surface area contributed by atoms with E-state index in [1.807, 2.05) is 36.4 Å². The lowest BCUT2D eigenvalue weighted by Crippen LogP contribution is -2.40. The van der Waals surface area contributed by atoms with Crippen LogP contribution in [0, 0.1) is 5.92 Å². The van der Waals surface area contributed by atoms with E-state index in [9.17, 15) is 0 Å². The van der Waals surface area contributed by atoms with Gasteiger partial charge in [-0.25, -0.2) is 4.99 Å². The molecule has 0 bridgehead atoms. The average Bonchev–Trinajstić information content (AvgIpc) is 3.42. The Kier molecular flexibility index (Phi) is 8.00. The fraction of sp³-hybridized carbons (Fsp3) is 0.409. The summed E-state index contributed by atoms with van der Waals surface area (Å²) in [7, 11) is 0. The van der Waals surface area contributed by atoms with E-state index in [0.717, 1.165) is 62.2 Å². The minimum atomic E-state index is 0.481. The third-order valence-corrected chi connectivity index (χ3v) is 4.56. The van der Waals surface area contributed by atoms with E-state index in [2.05, 4.69) is 17.2 Å². The first-order valence-electron chi connectivity index (χ1n) is 9.79. The van der Waals surface area contributed by atoms with Crippen LogP contribution in [0.4, 0.5) is 0 Å². The number of rotatable bonds is 10. The van der Waals surface area contributed by atoms with Gasteiger partial charge >= 0.3 is 0 Å². The van der Waals surface area contributed by atoms with Crippen molar-refractivity contribution in [2.45, 2.75) is 19.4 Å². The Morgan fingerprint density at radius 3 is 2.96 bits per heavy atom. The molecule has 0 aliphatic carbocycles. The van der Waals surface area contributed by atoms with Crippen LogP contribution >= 0.6 is 0 Å². The van der Waals surface area contributed by atoms with Gasteiger partial charge in [-0.05, 0) is 24.6 Å². The highest BCUT2D eigenvalue weighted by Crippen LogP contribution is 2.19. The van der Waals surface area contributed by atoms with Gasteiger partial charge in [-0.2, -0.15) is 0 Å². The molecule has 6 nitrogen and oxygen atoms in total. The van der Waals surface area contributed by atoms with Gasteiger partial charge in [-0.15, -0.1) is 0 Å². The second-order valence-electron chi connectivity index (χ2n) is 6.74. The zero-order valence-electron chi connectivity index (χ0n) is 16.2. The summed E-state index contributed by atoms with van der Waals surface area (Å²) in [6.07, 6.45) is 5.33. The molecule has 6 heteroatoms. The van der Waals surface area contributed by atoms with Gasteiger partial charge in [0.05, 0.1) is 19.4 Å². The van der Waals surface area contributed by atoms with Gasteiger partial charge in [0.2, 0.25) is 0 Å². The molecule has 28 heavy (non-hydrogen) atoms. The third-order valence-electron chi connectivity index (χ3n) is 4.56. The van der Waals surface area contributed by atoms with Crippen LogP contribution in [-0.2, 0) is 17.7 Å². The number of furan rings is 1. The molecule has 1 aromatic carbocycles. The van der Waals surface area contributed by atoms with Gasteiger partial charge in [-0.1, -0.05) is 30.9 Å². The summed E-state index contributed by atoms with van der Waals surface area (Å²) in [5, 5.41) is 6.84. The predicted molar refractivity (Wildman–Crippen MR) is 111 cm³/mol. The summed E-state index contributed by atoms with van der Waals surface area (Å²) >= 11 is 0. The first-order chi connectivity index (χ1) is 13.8. The SMILES string of the molecule is C=CCOc1ccccc1CN=C(NCCc1ccco1)NCC1CCOC1. The topological polar surface area (TPSA) is 68.0 Å². The number of aliphatic imine (C=N–C) groups is 1. The highest BCUT2D eigenvalue weighted by molar-refractivity contribution is 5.79. The number of nitrogens with zero attached hydrogens (tertiary/aromatic N) is 1. The maximum Gasteiger partial charge on any atom is 0.191 e. The molecule has 1 atom stereocenters. The first kappa shape index (κ1) is 20.0. The van der Waals surface area contributed by atoms with E-state index in [1.165, 1.54) is 0 Å². The van der Waals surface area contributed by atoms with Crippen molar-refractivity contribution < 1.29 is 13.9 Å². The molecule has 0 saturated carbocycles. The lowest BCUT2D eigenvalue weighted by Gasteiger charge is -2.15. The molecule has 0 amide bonds. The largest absolute Gasteiger partial charge is 0.489 e. The highest BCUT2D eigenvalue weighted by Gasteiger charge is 2.15. The number of hydrogen-bond acceptors (Lipinski definition) is 4. The molecule has 2 aromatic rings. The first-order valence-corrected chi connectivity index (χ1v) is 9.79. The molecule has 2 heterocycles. The molecule has 150 valence electrons. The number of nitrogens with one attached hydrogen (secondary N) is 2. The predicted octanol–water partition coefficient (Wildman–Crippen LogP) is 3.16. The minimum Gasteiger partial charge on any atom is -0.489 e. The second-order valence-corrected chi connectivity index (χ2v) is 6.74. The zero-order valence-corrected chi connectivity index (χ0v) is 16.2. The van der Waals surface area contributed by atoms with Gasteiger partial charge in [0.25, 0.3) is 0 Å². The highest BCUT2D eigenvalue weighted by atomic mass is 16.5. The molecule has 2 N–H and O–H groups in total. The summed E-state index contributed by atoms with van der Waals surface area (Å²) in [5.41, 5.74) is 1.04. The smallest absolute Gasteiger partial charge is 0.191 e. The summed E-state index contributed by atoms with van der Waals surface area (Å²) in [6.45, 7) is 7.97. The standard InChI is InChI=1S/C22H29N3O3/c1-2-12-28-21-8-4-3-6-19(21)16-25-22(24-15-18-10-14-26-17-18)23-11-9-20-7-5-13-27-20/h2-8,13,18H,1,9-12,14-17H2,(H2,23,24,25). The van der Waals surface area contributed by atoms with E-state index in [1.54, 1.807) is 12.3 Å². The lowest BCUT2D eigenvalue weighted by molar-refractivity contribution is 0.186. The average molecular weight is 383 g/mol. The van der Waals surface area contributed by atoms with Gasteiger partial charge < -0.3 is 24.5 Å². The van der Waals surface area contributed by atoms with Crippen LogP contribution in [0.1, 0.15) is 17.7 Å². The van der Waals surface area contributed by atoms with Gasteiger partial charge in [0.15, 0.2) is 5.96 Å². The Morgan fingerprint density at radius 1 is 1.25 bits per heavy atom. The summed E-state index contributed by atoms with van der Waals surface area (Å²) < 4.78 is 16.6. The second kappa shape index (κ2) is 11.2. The van der Waals surface area contributed by atoms with Crippen molar-refractivity contribution >= 4 is 5.96 Å². The van der Waals surface area contributed by atoms with Gasteiger partial charge in [-0.3, -0.25) is 0 Å². The van der Waals surface area contributed by atoms with Crippen LogP contribution in [0.5, 0.6) is 5.75 Å². The van der Waals surface area contributed by atoms with Crippen LogP contribution in [0.25, 0.3) is 0 Å². The minimum absolute atomic E-state index is 0.481. The summed E-state index contributed by atoms with van der Waals surface area (Å²) in [4.78, 5) is 4.76. The van der Waals surface area contributed by atoms with Crippen molar-refractivity contribution in [3.05, 3.63) is 66.6 Å². The van der Waals surface area contributed by atoms with E-state index in [4.69, 9.17) is 18.9 Å². The van der Waals surface area contributed by atoms with Crippen LogP contribution in [0.15, 0.2) is 64.7 Å². The van der Waals surface area contributed by atoms with Crippen molar-refractivity contribution in [3.63, 3.8) is 0 Å². The number of benzene rings is 1. The fourth-order valence-electron chi connectivity index (χ4n) is 3.01. The third kappa shape index (κ3) is 6.46. The molecule has 1 aliphatic rings. The van der Waals surface area contributed by atoms with E-state index >= 15 is 0 Å². The number of hydrogen-bond donors (Lipinski definition) is 2. The molecular weight excluding hydrogens is 354 g/mol. The quantitative estimate of drug-likeness (QED) is 0.375. The molecule has 1 fully saturated rings. The molecule has 1 unspecified atom stereocenters. The van der Waals surface area contributed by atoms with Crippen molar-refractivity contribution in [2.24, 2.45) is 10.9 Å². The Bertz CT molecular complexity index is 737. The molecule has 0 spiro atoms. The van der Waals surface area contributed by atoms with Crippen LogP contribution in [0.2, 0.25) is 0 Å². The van der Waals surface area contributed by atoms with Gasteiger partial charge in [0.1, 0.15) is 18.1 Å². The van der Waals surface area contributed by atoms with Crippen molar-refractivity contribution in [1.29, 1.82) is 0 Å². The lowest BCUT2D eigenvalue weighted by atomic mass is 10.1. The molecule has 0 radical (unpaired) electrons. The number of guanidine groups is 1. The molecule has 1 aromatic heterocycles. The Hall–Kier alpha value is -2.73. The van der Waals surface area contributed by atoms with E-state index in [-0.39, 0.29) is 0 Å². The summed E-state index contributed by atoms with van der Waals surface area (Å²) in [6, 6.07) is 11.8. The number of ether oxygens (including phenoxy) is 2. The maximum absolute atomic E-state index is 5.73. The monoisotopic (exact) mass is 383 g/mol. The van der Waals surface area contributed by atoms with Crippen LogP contribution in [-0.4, -0.2) is 38.9 Å². The Labute approximate surface area is 166 Å². The van der Waals surface area contributed by atoms with E-state index in [0.29, 0.717) is 19.1 Å². The van der Waals surface area contributed by atoms with Crippen molar-refractivity contribution in [1.82, 2.24) is 10.6 Å². The van der Waals surface area contributed by atoms with Crippen molar-refractivity contribution in [3.8, 4) is 5.75 Å². The maximum atomic E-state index is 5.73.